The average Bonchev–Trinajstić information content (AvgIpc) is 2.81. The van der Waals surface area contributed by atoms with E-state index in [0.717, 1.165) is 18.8 Å². The van der Waals surface area contributed by atoms with Crippen molar-refractivity contribution in [3.63, 3.8) is 0 Å². The van der Waals surface area contributed by atoms with Gasteiger partial charge >= 0.3 is 0 Å². The second kappa shape index (κ2) is 9.48. The smallest absolute Gasteiger partial charge is 0.229 e. The zero-order valence-corrected chi connectivity index (χ0v) is 18.9. The van der Waals surface area contributed by atoms with Crippen molar-refractivity contribution in [3.8, 4) is 17.2 Å². The van der Waals surface area contributed by atoms with Crippen LogP contribution in [0.2, 0.25) is 0 Å². The van der Waals surface area contributed by atoms with E-state index in [1.807, 2.05) is 18.2 Å². The Kier molecular flexibility index (Phi) is 6.50. The van der Waals surface area contributed by atoms with E-state index in [0.29, 0.717) is 52.2 Å². The maximum atomic E-state index is 12.7. The molecule has 4 rings (SSSR count). The summed E-state index contributed by atoms with van der Waals surface area (Å²) in [7, 11) is 0. The molecule has 166 valence electrons. The number of ether oxygens (including phenoxy) is 1. The van der Waals surface area contributed by atoms with Crippen LogP contribution in [-0.2, 0) is 4.79 Å². The van der Waals surface area contributed by atoms with Crippen molar-refractivity contribution in [2.24, 2.45) is 0 Å². The number of nitrogens with one attached hydrogen (secondary N) is 1. The summed E-state index contributed by atoms with van der Waals surface area (Å²) in [6, 6.07) is 12.7. The quantitative estimate of drug-likeness (QED) is 0.184. The number of fused-ring (bicyclic) bond motifs is 4. The van der Waals surface area contributed by atoms with Crippen LogP contribution in [0.5, 0.6) is 5.75 Å². The summed E-state index contributed by atoms with van der Waals surface area (Å²) in [4.78, 5) is 31.0. The molecule has 0 saturated heterocycles. The highest BCUT2D eigenvalue weighted by molar-refractivity contribution is 7.81. The van der Waals surface area contributed by atoms with Gasteiger partial charge in [-0.1, -0.05) is 0 Å². The molecule has 1 aliphatic carbocycles. The topological polar surface area (TPSA) is 84.7 Å². The molecule has 0 atom stereocenters. The normalized spacial score (nSPS) is 11.2. The molecule has 7 nitrogen and oxygen atoms in total. The van der Waals surface area contributed by atoms with E-state index in [4.69, 9.17) is 14.1 Å². The Bertz CT molecular complexity index is 1300. The Labute approximate surface area is 191 Å². The van der Waals surface area contributed by atoms with Gasteiger partial charge < -0.3 is 19.4 Å². The zero-order chi connectivity index (χ0) is 22.7. The van der Waals surface area contributed by atoms with Crippen LogP contribution < -0.4 is 20.4 Å². The minimum Gasteiger partial charge on any atom is -0.492 e. The Morgan fingerprint density at radius 2 is 1.94 bits per heavy atom. The van der Waals surface area contributed by atoms with Crippen LogP contribution in [0.4, 0.5) is 5.69 Å². The standard InChI is InChI=1S/C24H25N3O4S/c1-3-27(4-2)15-5-8-19-21(11-15)31-22-13-20(28)17-7-6-16(12-18(17)24(22)26-19)30-10-9-25-23(29)14-32/h5-8,11-13,32H,3-4,9-10,14H2,1-2H3,(H,25,29). The molecule has 0 fully saturated rings. The van der Waals surface area contributed by atoms with Crippen molar-refractivity contribution in [2.75, 3.05) is 36.9 Å². The monoisotopic (exact) mass is 451 g/mol. The fraction of sp³-hybridized carbons (Fsp3) is 0.292. The van der Waals surface area contributed by atoms with Crippen molar-refractivity contribution >= 4 is 46.1 Å². The van der Waals surface area contributed by atoms with E-state index in [9.17, 15) is 9.59 Å². The Balaban J connectivity index is 1.73. The summed E-state index contributed by atoms with van der Waals surface area (Å²) < 4.78 is 11.9. The second-order valence-electron chi connectivity index (χ2n) is 7.32. The highest BCUT2D eigenvalue weighted by atomic mass is 32.1. The molecule has 0 radical (unpaired) electrons. The number of anilines is 1. The summed E-state index contributed by atoms with van der Waals surface area (Å²) in [6.07, 6.45) is 0. The number of hydrogen-bond donors (Lipinski definition) is 2. The molecule has 0 spiro atoms. The fourth-order valence-corrected chi connectivity index (χ4v) is 3.84. The summed E-state index contributed by atoms with van der Waals surface area (Å²) in [6.45, 7) is 6.65. The minimum absolute atomic E-state index is 0.133. The molecule has 0 aromatic heterocycles. The molecule has 0 bridgehead atoms. The van der Waals surface area contributed by atoms with E-state index in [1.54, 1.807) is 18.2 Å². The van der Waals surface area contributed by atoms with Gasteiger partial charge in [0.2, 0.25) is 5.91 Å². The highest BCUT2D eigenvalue weighted by Crippen LogP contribution is 2.33. The van der Waals surface area contributed by atoms with Gasteiger partial charge in [0.15, 0.2) is 16.8 Å². The molecule has 2 aliphatic rings. The van der Waals surface area contributed by atoms with Crippen LogP contribution in [0.1, 0.15) is 13.8 Å². The number of benzene rings is 3. The average molecular weight is 452 g/mol. The van der Waals surface area contributed by atoms with Crippen molar-refractivity contribution in [3.05, 3.63) is 52.7 Å². The molecule has 1 N–H and O–H groups in total. The van der Waals surface area contributed by atoms with Crippen molar-refractivity contribution in [1.82, 2.24) is 10.3 Å². The van der Waals surface area contributed by atoms with E-state index in [1.165, 1.54) is 6.07 Å². The Hall–Kier alpha value is -3.26. The van der Waals surface area contributed by atoms with E-state index in [2.05, 4.69) is 36.7 Å². The number of rotatable bonds is 8. The predicted molar refractivity (Wildman–Crippen MR) is 130 cm³/mol. The van der Waals surface area contributed by atoms with Gasteiger partial charge in [-0.2, -0.15) is 12.6 Å². The van der Waals surface area contributed by atoms with E-state index in [-0.39, 0.29) is 17.1 Å². The zero-order valence-electron chi connectivity index (χ0n) is 18.1. The molecule has 0 saturated carbocycles. The number of hydrogen-bond acceptors (Lipinski definition) is 7. The van der Waals surface area contributed by atoms with Gasteiger partial charge in [0.25, 0.3) is 0 Å². The third kappa shape index (κ3) is 4.36. The molecule has 1 heterocycles. The number of thiol groups is 1. The van der Waals surface area contributed by atoms with Crippen molar-refractivity contribution in [1.29, 1.82) is 0 Å². The van der Waals surface area contributed by atoms with Gasteiger partial charge in [0.05, 0.1) is 12.3 Å². The van der Waals surface area contributed by atoms with Crippen LogP contribution in [0, 0.1) is 0 Å². The number of nitrogens with zero attached hydrogens (tertiary/aromatic N) is 2. The van der Waals surface area contributed by atoms with Crippen LogP contribution in [-0.4, -0.2) is 42.9 Å². The van der Waals surface area contributed by atoms with Crippen molar-refractivity contribution < 1.29 is 13.9 Å². The summed E-state index contributed by atoms with van der Waals surface area (Å²) in [5, 5.41) is 3.92. The lowest BCUT2D eigenvalue weighted by molar-refractivity contribution is -0.118. The second-order valence-corrected chi connectivity index (χ2v) is 7.64. The molecule has 2 aromatic carbocycles. The first-order chi connectivity index (χ1) is 15.5. The van der Waals surface area contributed by atoms with Gasteiger partial charge in [0.1, 0.15) is 23.6 Å². The fourth-order valence-electron chi connectivity index (χ4n) is 3.73. The van der Waals surface area contributed by atoms with Gasteiger partial charge in [0, 0.05) is 41.7 Å². The lowest BCUT2D eigenvalue weighted by atomic mass is 10.0. The highest BCUT2D eigenvalue weighted by Gasteiger charge is 2.17. The number of carbonyl (C=O) groups is 1. The Morgan fingerprint density at radius 3 is 2.69 bits per heavy atom. The summed E-state index contributed by atoms with van der Waals surface area (Å²) >= 11 is 3.92. The van der Waals surface area contributed by atoms with Crippen LogP contribution in [0.15, 0.2) is 51.7 Å². The largest absolute Gasteiger partial charge is 0.492 e. The SMILES string of the molecule is CCN(CC)c1ccc2nc3c4cc(OCCNC(=O)CS)ccc4c(=O)cc-3oc2c1. The third-order valence-electron chi connectivity index (χ3n) is 5.37. The first kappa shape index (κ1) is 22.0. The maximum absolute atomic E-state index is 12.7. The maximum Gasteiger partial charge on any atom is 0.229 e. The predicted octanol–water partition coefficient (Wildman–Crippen LogP) is 3.72. The molecule has 32 heavy (non-hydrogen) atoms. The molecule has 1 aliphatic heterocycles. The molecule has 0 unspecified atom stereocenters. The molecule has 2 aromatic rings. The minimum atomic E-state index is -0.153. The third-order valence-corrected chi connectivity index (χ3v) is 5.66. The van der Waals surface area contributed by atoms with Crippen LogP contribution in [0.25, 0.3) is 33.3 Å². The number of amides is 1. The van der Waals surface area contributed by atoms with E-state index < -0.39 is 0 Å². The Morgan fingerprint density at radius 1 is 1.12 bits per heavy atom. The first-order valence-corrected chi connectivity index (χ1v) is 11.2. The first-order valence-electron chi connectivity index (χ1n) is 10.6. The van der Waals surface area contributed by atoms with Crippen molar-refractivity contribution in [2.45, 2.75) is 13.8 Å². The van der Waals surface area contributed by atoms with Gasteiger partial charge in [-0.25, -0.2) is 4.98 Å². The lowest BCUT2D eigenvalue weighted by Crippen LogP contribution is -2.28. The number of aromatic nitrogens is 1. The summed E-state index contributed by atoms with van der Waals surface area (Å²) in [5.41, 5.74) is 2.87. The van der Waals surface area contributed by atoms with Crippen LogP contribution >= 0.6 is 12.6 Å². The van der Waals surface area contributed by atoms with Gasteiger partial charge in [-0.05, 0) is 44.2 Å². The van der Waals surface area contributed by atoms with Gasteiger partial charge in [-0.3, -0.25) is 9.59 Å². The molecule has 1 amide bonds. The summed E-state index contributed by atoms with van der Waals surface area (Å²) in [5.74, 6) is 1.00. The van der Waals surface area contributed by atoms with E-state index >= 15 is 0 Å². The number of carbonyl (C=O) groups excluding carboxylic acids is 1. The van der Waals surface area contributed by atoms with Crippen LogP contribution in [0.3, 0.4) is 0 Å². The molecule has 8 heteroatoms. The molecular formula is C24H25N3O4S. The van der Waals surface area contributed by atoms with Gasteiger partial charge in [-0.15, -0.1) is 0 Å². The molecular weight excluding hydrogens is 426 g/mol. The lowest BCUT2D eigenvalue weighted by Gasteiger charge is -2.21.